The Kier molecular flexibility index (Phi) is 6.99. The molecule has 1 aliphatic heterocycles. The molecule has 0 atom stereocenters. The molecule has 1 aliphatic carbocycles. The van der Waals surface area contributed by atoms with Gasteiger partial charge in [-0.05, 0) is 81.0 Å². The summed E-state index contributed by atoms with van der Waals surface area (Å²) in [6, 6.07) is 8.41. The first-order valence-electron chi connectivity index (χ1n) is 12.6. The van der Waals surface area contributed by atoms with Crippen molar-refractivity contribution in [1.82, 2.24) is 14.9 Å². The number of carbonyl (C=O) groups excluding carboxylic acids is 1. The number of ether oxygens (including phenoxy) is 1. The van der Waals surface area contributed by atoms with Crippen LogP contribution in [-0.2, 0) is 30.5 Å². The molecule has 180 valence electrons. The average Bonchev–Trinajstić information content (AvgIpc) is 3.44. The van der Waals surface area contributed by atoms with E-state index in [9.17, 15) is 9.59 Å². The van der Waals surface area contributed by atoms with Crippen LogP contribution in [0.5, 0.6) is 5.75 Å². The number of aromatic amines is 1. The molecule has 5 rings (SSSR count). The van der Waals surface area contributed by atoms with E-state index in [-0.39, 0.29) is 11.5 Å². The number of thiophene rings is 1. The summed E-state index contributed by atoms with van der Waals surface area (Å²) in [6.45, 7) is 4.34. The summed E-state index contributed by atoms with van der Waals surface area (Å²) in [5.41, 5.74) is 2.50. The number of fused-ring (bicyclic) bond motifs is 3. The Morgan fingerprint density at radius 3 is 2.74 bits per heavy atom. The predicted molar refractivity (Wildman–Crippen MR) is 136 cm³/mol. The Bertz CT molecular complexity index is 1210. The number of rotatable bonds is 8. The molecule has 0 unspecified atom stereocenters. The molecule has 0 spiro atoms. The van der Waals surface area contributed by atoms with Gasteiger partial charge in [0, 0.05) is 30.8 Å². The number of benzene rings is 1. The molecule has 1 saturated heterocycles. The largest absolute Gasteiger partial charge is 0.494 e. The molecule has 2 aromatic heterocycles. The number of H-pyrrole nitrogens is 1. The molecule has 1 fully saturated rings. The highest BCUT2D eigenvalue weighted by Gasteiger charge is 2.24. The molecule has 0 bridgehead atoms. The van der Waals surface area contributed by atoms with Gasteiger partial charge in [0.25, 0.3) is 5.56 Å². The van der Waals surface area contributed by atoms with Gasteiger partial charge in [0.1, 0.15) is 16.4 Å². The maximum absolute atomic E-state index is 12.8. The van der Waals surface area contributed by atoms with Gasteiger partial charge in [-0.3, -0.25) is 9.59 Å². The van der Waals surface area contributed by atoms with E-state index in [0.717, 1.165) is 74.0 Å². The fourth-order valence-electron chi connectivity index (χ4n) is 5.31. The van der Waals surface area contributed by atoms with Gasteiger partial charge in [0.05, 0.1) is 12.0 Å². The number of hydrogen-bond donors (Lipinski definition) is 1. The zero-order valence-electron chi connectivity index (χ0n) is 19.9. The van der Waals surface area contributed by atoms with Gasteiger partial charge >= 0.3 is 0 Å². The van der Waals surface area contributed by atoms with Crippen LogP contribution in [0.2, 0.25) is 0 Å². The summed E-state index contributed by atoms with van der Waals surface area (Å²) in [4.78, 5) is 37.2. The summed E-state index contributed by atoms with van der Waals surface area (Å²) < 4.78 is 5.52. The van der Waals surface area contributed by atoms with Crippen LogP contribution in [0.25, 0.3) is 10.2 Å². The lowest BCUT2D eigenvalue weighted by molar-refractivity contribution is -0.132. The molecular weight excluding hydrogens is 446 g/mol. The Labute approximate surface area is 204 Å². The van der Waals surface area contributed by atoms with E-state index < -0.39 is 0 Å². The Hall–Kier alpha value is -2.67. The van der Waals surface area contributed by atoms with Gasteiger partial charge in [-0.1, -0.05) is 12.1 Å². The van der Waals surface area contributed by atoms with E-state index in [0.29, 0.717) is 31.2 Å². The third-order valence-electron chi connectivity index (χ3n) is 7.24. The maximum Gasteiger partial charge on any atom is 0.259 e. The van der Waals surface area contributed by atoms with Crippen LogP contribution in [0.1, 0.15) is 60.9 Å². The van der Waals surface area contributed by atoms with Gasteiger partial charge in [-0.25, -0.2) is 4.98 Å². The Balaban J connectivity index is 1.08. The lowest BCUT2D eigenvalue weighted by Gasteiger charge is -2.32. The van der Waals surface area contributed by atoms with E-state index in [2.05, 4.69) is 22.1 Å². The predicted octanol–water partition coefficient (Wildman–Crippen LogP) is 4.68. The van der Waals surface area contributed by atoms with Crippen molar-refractivity contribution in [2.45, 2.75) is 64.7 Å². The summed E-state index contributed by atoms with van der Waals surface area (Å²) in [5, 5.41) is 0.778. The highest BCUT2D eigenvalue weighted by Crippen LogP contribution is 2.34. The summed E-state index contributed by atoms with van der Waals surface area (Å²) in [7, 11) is 0. The van der Waals surface area contributed by atoms with Gasteiger partial charge in [-0.2, -0.15) is 0 Å². The standard InChI is InChI=1S/C27H33N3O3S/c1-2-33-20-10-8-18(9-11-20)6-7-19-14-16-30(17-15-19)24(31)13-12-23-28-26(32)25-21-4-3-5-22(21)34-27(25)29-23/h8-11,19H,2-7,12-17H2,1H3,(H,28,29,32). The number of aromatic nitrogens is 2. The van der Waals surface area contributed by atoms with E-state index in [4.69, 9.17) is 4.74 Å². The molecule has 6 nitrogen and oxygen atoms in total. The second-order valence-electron chi connectivity index (χ2n) is 9.49. The molecule has 7 heteroatoms. The van der Waals surface area contributed by atoms with Gasteiger partial charge in [0.15, 0.2) is 0 Å². The summed E-state index contributed by atoms with van der Waals surface area (Å²) in [5.74, 6) is 2.39. The molecule has 3 aromatic rings. The van der Waals surface area contributed by atoms with Crippen LogP contribution in [0, 0.1) is 5.92 Å². The van der Waals surface area contributed by atoms with Gasteiger partial charge in [0.2, 0.25) is 5.91 Å². The van der Waals surface area contributed by atoms with Crippen molar-refractivity contribution in [3.05, 3.63) is 56.4 Å². The highest BCUT2D eigenvalue weighted by molar-refractivity contribution is 7.18. The molecular formula is C27H33N3O3S. The number of carbonyl (C=O) groups is 1. The minimum absolute atomic E-state index is 0.0415. The maximum atomic E-state index is 12.8. The number of aryl methyl sites for hydroxylation is 4. The van der Waals surface area contributed by atoms with Crippen LogP contribution in [0.4, 0.5) is 0 Å². The third-order valence-corrected chi connectivity index (χ3v) is 8.43. The minimum Gasteiger partial charge on any atom is -0.494 e. The summed E-state index contributed by atoms with van der Waals surface area (Å²) in [6.07, 6.45) is 8.40. The molecule has 1 amide bonds. The second-order valence-corrected chi connectivity index (χ2v) is 10.6. The van der Waals surface area contributed by atoms with Gasteiger partial charge in [-0.15, -0.1) is 11.3 Å². The highest BCUT2D eigenvalue weighted by atomic mass is 32.1. The molecule has 1 aromatic carbocycles. The van der Waals surface area contributed by atoms with Crippen molar-refractivity contribution in [2.75, 3.05) is 19.7 Å². The fourth-order valence-corrected chi connectivity index (χ4v) is 6.59. The topological polar surface area (TPSA) is 75.3 Å². The van der Waals surface area contributed by atoms with Crippen LogP contribution in [-0.4, -0.2) is 40.5 Å². The molecule has 34 heavy (non-hydrogen) atoms. The molecule has 3 heterocycles. The quantitative estimate of drug-likeness (QED) is 0.509. The first-order chi connectivity index (χ1) is 16.6. The second kappa shape index (κ2) is 10.3. The Morgan fingerprint density at radius 2 is 1.97 bits per heavy atom. The van der Waals surface area contributed by atoms with Crippen LogP contribution in [0.15, 0.2) is 29.1 Å². The molecule has 1 N–H and O–H groups in total. The van der Waals surface area contributed by atoms with Crippen molar-refractivity contribution in [3.63, 3.8) is 0 Å². The van der Waals surface area contributed by atoms with Crippen molar-refractivity contribution in [3.8, 4) is 5.75 Å². The number of piperidine rings is 1. The number of amides is 1. The van der Waals surface area contributed by atoms with Crippen molar-refractivity contribution < 1.29 is 9.53 Å². The number of nitrogens with one attached hydrogen (secondary N) is 1. The molecule has 0 saturated carbocycles. The summed E-state index contributed by atoms with van der Waals surface area (Å²) >= 11 is 1.65. The third kappa shape index (κ3) is 5.04. The average molecular weight is 480 g/mol. The van der Waals surface area contributed by atoms with Crippen LogP contribution >= 0.6 is 11.3 Å². The normalized spacial score (nSPS) is 16.2. The number of nitrogens with zero attached hydrogens (tertiary/aromatic N) is 2. The first kappa shape index (κ1) is 23.1. The van der Waals surface area contributed by atoms with Crippen LogP contribution in [0.3, 0.4) is 0 Å². The SMILES string of the molecule is CCOc1ccc(CCC2CCN(C(=O)CCc3nc4sc5c(c4c(=O)[nH]3)CCC5)CC2)cc1. The lowest BCUT2D eigenvalue weighted by atomic mass is 9.90. The monoisotopic (exact) mass is 479 g/mol. The van der Waals surface area contributed by atoms with E-state index in [1.54, 1.807) is 11.3 Å². The first-order valence-corrected chi connectivity index (χ1v) is 13.5. The van der Waals surface area contributed by atoms with Gasteiger partial charge < -0.3 is 14.6 Å². The molecule has 0 radical (unpaired) electrons. The van der Waals surface area contributed by atoms with E-state index in [1.807, 2.05) is 24.0 Å². The van der Waals surface area contributed by atoms with Crippen LogP contribution < -0.4 is 10.3 Å². The number of hydrogen-bond acceptors (Lipinski definition) is 5. The fraction of sp³-hybridized carbons (Fsp3) is 0.519. The zero-order chi connectivity index (χ0) is 23.5. The van der Waals surface area contributed by atoms with E-state index >= 15 is 0 Å². The zero-order valence-corrected chi connectivity index (χ0v) is 20.7. The number of likely N-dealkylation sites (tertiary alicyclic amines) is 1. The minimum atomic E-state index is -0.0415. The Morgan fingerprint density at radius 1 is 1.18 bits per heavy atom. The van der Waals surface area contributed by atoms with Crippen molar-refractivity contribution >= 4 is 27.5 Å². The van der Waals surface area contributed by atoms with Crippen molar-refractivity contribution in [2.24, 2.45) is 5.92 Å². The van der Waals surface area contributed by atoms with E-state index in [1.165, 1.54) is 16.0 Å². The molecule has 2 aliphatic rings. The van der Waals surface area contributed by atoms with Crippen molar-refractivity contribution in [1.29, 1.82) is 0 Å². The smallest absolute Gasteiger partial charge is 0.259 e. The lowest BCUT2D eigenvalue weighted by Crippen LogP contribution is -2.38.